The molecule has 2 aromatic carbocycles. The van der Waals surface area contributed by atoms with Gasteiger partial charge in [0, 0.05) is 36.6 Å². The monoisotopic (exact) mass is 500 g/mol. The van der Waals surface area contributed by atoms with Gasteiger partial charge in [-0.25, -0.2) is 0 Å². The summed E-state index contributed by atoms with van der Waals surface area (Å²) >= 11 is 0. The molecule has 0 bridgehead atoms. The number of amides is 2. The molecule has 1 aromatic heterocycles. The summed E-state index contributed by atoms with van der Waals surface area (Å²) in [4.78, 5) is 31.2. The minimum absolute atomic E-state index is 0.0703. The van der Waals surface area contributed by atoms with E-state index in [4.69, 9.17) is 5.73 Å². The van der Waals surface area contributed by atoms with E-state index in [1.807, 2.05) is 30.5 Å². The summed E-state index contributed by atoms with van der Waals surface area (Å²) in [6, 6.07) is 12.2. The third-order valence-corrected chi connectivity index (χ3v) is 6.80. The number of halogens is 3. The summed E-state index contributed by atoms with van der Waals surface area (Å²) in [5.74, 6) is -0.537. The van der Waals surface area contributed by atoms with Crippen molar-refractivity contribution in [1.29, 1.82) is 0 Å². The normalized spacial score (nSPS) is 16.2. The summed E-state index contributed by atoms with van der Waals surface area (Å²) < 4.78 is 38.6. The van der Waals surface area contributed by atoms with Gasteiger partial charge in [0.25, 0.3) is 0 Å². The maximum Gasteiger partial charge on any atom is 0.416 e. The topological polar surface area (TPSA) is 91.2 Å². The molecule has 0 saturated carbocycles. The lowest BCUT2D eigenvalue weighted by molar-refractivity contribution is -0.138. The zero-order valence-electron chi connectivity index (χ0n) is 20.4. The molecule has 0 spiro atoms. The fourth-order valence-electron chi connectivity index (χ4n) is 4.66. The van der Waals surface area contributed by atoms with Crippen molar-refractivity contribution in [2.24, 2.45) is 5.73 Å². The molecule has 2 heterocycles. The van der Waals surface area contributed by atoms with Gasteiger partial charge in [0.1, 0.15) is 6.04 Å². The van der Waals surface area contributed by atoms with Gasteiger partial charge in [0.15, 0.2) is 0 Å². The lowest BCUT2D eigenvalue weighted by Gasteiger charge is -2.35. The molecule has 4 rings (SSSR count). The zero-order valence-corrected chi connectivity index (χ0v) is 20.4. The van der Waals surface area contributed by atoms with Crippen LogP contribution in [0.4, 0.5) is 13.2 Å². The summed E-state index contributed by atoms with van der Waals surface area (Å²) in [6.07, 6.45) is -0.942. The van der Waals surface area contributed by atoms with Crippen LogP contribution in [-0.4, -0.2) is 46.4 Å². The van der Waals surface area contributed by atoms with Gasteiger partial charge >= 0.3 is 6.18 Å². The molecule has 1 unspecified atom stereocenters. The molecule has 1 aliphatic rings. The number of para-hydroxylation sites is 1. The zero-order chi connectivity index (χ0) is 26.1. The quantitative estimate of drug-likeness (QED) is 0.470. The van der Waals surface area contributed by atoms with E-state index in [1.54, 1.807) is 18.7 Å². The number of aromatic nitrogens is 1. The van der Waals surface area contributed by atoms with Crippen LogP contribution in [0.1, 0.15) is 49.3 Å². The van der Waals surface area contributed by atoms with Gasteiger partial charge in [-0.3, -0.25) is 9.59 Å². The van der Waals surface area contributed by atoms with Gasteiger partial charge < -0.3 is 20.9 Å². The maximum atomic E-state index is 13.6. The molecule has 1 saturated heterocycles. The van der Waals surface area contributed by atoms with Crippen LogP contribution in [0.5, 0.6) is 0 Å². The van der Waals surface area contributed by atoms with E-state index in [1.165, 1.54) is 12.1 Å². The second-order valence-corrected chi connectivity index (χ2v) is 10.0. The molecule has 0 radical (unpaired) electrons. The van der Waals surface area contributed by atoms with E-state index in [0.717, 1.165) is 34.2 Å². The van der Waals surface area contributed by atoms with Crippen LogP contribution >= 0.6 is 0 Å². The van der Waals surface area contributed by atoms with Crippen LogP contribution in [0.25, 0.3) is 10.9 Å². The molecule has 0 aliphatic carbocycles. The van der Waals surface area contributed by atoms with Gasteiger partial charge in [-0.15, -0.1) is 0 Å². The number of nitrogens with one attached hydrogen (secondary N) is 2. The fourth-order valence-corrected chi connectivity index (χ4v) is 4.66. The Morgan fingerprint density at radius 1 is 1.08 bits per heavy atom. The molecule has 6 nitrogen and oxygen atoms in total. The first-order chi connectivity index (χ1) is 16.9. The number of nitrogens with two attached hydrogens (primary N) is 1. The highest BCUT2D eigenvalue weighted by atomic mass is 19.4. The highest BCUT2D eigenvalue weighted by Crippen LogP contribution is 2.33. The van der Waals surface area contributed by atoms with Crippen molar-refractivity contribution in [2.45, 2.75) is 56.8 Å². The second-order valence-electron chi connectivity index (χ2n) is 10.0. The number of carbonyl (C=O) groups excluding carboxylic acids is 2. The number of likely N-dealkylation sites (tertiary alicyclic amines) is 1. The first kappa shape index (κ1) is 25.8. The Hall–Kier alpha value is -3.33. The van der Waals surface area contributed by atoms with Crippen LogP contribution in [0.15, 0.2) is 54.7 Å². The Labute approximate surface area is 208 Å². The largest absolute Gasteiger partial charge is 0.416 e. The highest BCUT2D eigenvalue weighted by molar-refractivity contribution is 5.92. The molecule has 1 aliphatic heterocycles. The number of alkyl halides is 3. The van der Waals surface area contributed by atoms with Crippen LogP contribution in [0.3, 0.4) is 0 Å². The van der Waals surface area contributed by atoms with Gasteiger partial charge in [0.05, 0.1) is 11.1 Å². The lowest BCUT2D eigenvalue weighted by atomic mass is 9.88. The van der Waals surface area contributed by atoms with Gasteiger partial charge in [0.2, 0.25) is 11.8 Å². The second kappa shape index (κ2) is 9.97. The van der Waals surface area contributed by atoms with Gasteiger partial charge in [-0.1, -0.05) is 30.3 Å². The summed E-state index contributed by atoms with van der Waals surface area (Å²) in [5, 5.41) is 3.83. The fraction of sp³-hybridized carbons (Fsp3) is 0.407. The van der Waals surface area contributed by atoms with Crippen molar-refractivity contribution in [1.82, 2.24) is 15.2 Å². The molecule has 192 valence electrons. The van der Waals surface area contributed by atoms with Crippen molar-refractivity contribution in [3.8, 4) is 0 Å². The van der Waals surface area contributed by atoms with E-state index in [2.05, 4.69) is 10.3 Å². The summed E-state index contributed by atoms with van der Waals surface area (Å²) in [5.41, 5.74) is 6.86. The summed E-state index contributed by atoms with van der Waals surface area (Å²) in [6.45, 7) is 4.09. The van der Waals surface area contributed by atoms with E-state index >= 15 is 0 Å². The number of nitrogens with zero attached hydrogens (tertiary/aromatic N) is 1. The first-order valence-electron chi connectivity index (χ1n) is 12.0. The minimum atomic E-state index is -4.36. The molecule has 3 aromatic rings. The van der Waals surface area contributed by atoms with Crippen molar-refractivity contribution in [3.63, 3.8) is 0 Å². The van der Waals surface area contributed by atoms with Gasteiger partial charge in [-0.05, 0) is 61.9 Å². The number of piperidine rings is 1. The Bertz CT molecular complexity index is 1220. The minimum Gasteiger partial charge on any atom is -0.361 e. The Morgan fingerprint density at radius 2 is 1.72 bits per heavy atom. The summed E-state index contributed by atoms with van der Waals surface area (Å²) in [7, 11) is 0. The number of rotatable bonds is 6. The highest BCUT2D eigenvalue weighted by Gasteiger charge is 2.34. The molecular formula is C27H31F3N4O2. The van der Waals surface area contributed by atoms with Crippen LogP contribution in [0.2, 0.25) is 0 Å². The van der Waals surface area contributed by atoms with E-state index in [0.29, 0.717) is 32.4 Å². The molecule has 4 N–H and O–H groups in total. The molecule has 2 amide bonds. The number of hydrogen-bond acceptors (Lipinski definition) is 3. The maximum absolute atomic E-state index is 13.6. The van der Waals surface area contributed by atoms with Crippen LogP contribution in [0, 0.1) is 0 Å². The van der Waals surface area contributed by atoms with E-state index in [9.17, 15) is 22.8 Å². The first-order valence-corrected chi connectivity index (χ1v) is 12.0. The number of aromatic amines is 1. The molecule has 1 fully saturated rings. The number of carbonyl (C=O) groups is 2. The Balaban J connectivity index is 1.47. The lowest BCUT2D eigenvalue weighted by Crippen LogP contribution is -2.57. The smallest absolute Gasteiger partial charge is 0.361 e. The third kappa shape index (κ3) is 5.73. The standard InChI is InChI=1S/C27H31F3N4O2/c1-26(2,31)25(36)33-23(15-19-16-32-22-6-4-3-5-21(19)22)24(35)34-13-11-18(12-14-34)17-7-9-20(10-8-17)27(28,29)30/h3-10,16,18,23,32H,11-15,31H2,1-2H3,(H,33,36). The average molecular weight is 501 g/mol. The Morgan fingerprint density at radius 3 is 2.33 bits per heavy atom. The van der Waals surface area contributed by atoms with E-state index < -0.39 is 29.2 Å². The number of hydrogen-bond donors (Lipinski definition) is 3. The van der Waals surface area contributed by atoms with Crippen molar-refractivity contribution < 1.29 is 22.8 Å². The van der Waals surface area contributed by atoms with Crippen LogP contribution < -0.4 is 11.1 Å². The Kier molecular flexibility index (Phi) is 7.13. The van der Waals surface area contributed by atoms with Gasteiger partial charge in [-0.2, -0.15) is 13.2 Å². The van der Waals surface area contributed by atoms with Crippen molar-refractivity contribution in [2.75, 3.05) is 13.1 Å². The number of benzene rings is 2. The predicted octanol–water partition coefficient (Wildman–Crippen LogP) is 4.36. The molecule has 9 heteroatoms. The molecular weight excluding hydrogens is 469 g/mol. The van der Waals surface area contributed by atoms with Crippen molar-refractivity contribution in [3.05, 3.63) is 71.4 Å². The SMILES string of the molecule is CC(C)(N)C(=O)NC(Cc1c[nH]c2ccccc12)C(=O)N1CCC(c2ccc(C(F)(F)F)cc2)CC1. The number of fused-ring (bicyclic) bond motifs is 1. The third-order valence-electron chi connectivity index (χ3n) is 6.80. The molecule has 36 heavy (non-hydrogen) atoms. The average Bonchev–Trinajstić information content (AvgIpc) is 3.25. The molecule has 1 atom stereocenters. The van der Waals surface area contributed by atoms with Crippen molar-refractivity contribution >= 4 is 22.7 Å². The van der Waals surface area contributed by atoms with Crippen LogP contribution in [-0.2, 0) is 22.2 Å². The predicted molar refractivity (Wildman–Crippen MR) is 132 cm³/mol. The number of H-pyrrole nitrogens is 1. The van der Waals surface area contributed by atoms with E-state index in [-0.39, 0.29) is 11.8 Å².